The Bertz CT molecular complexity index is 807. The summed E-state index contributed by atoms with van der Waals surface area (Å²) in [5, 5.41) is 0. The van der Waals surface area contributed by atoms with E-state index in [0.29, 0.717) is 25.9 Å². The number of rotatable bonds is 4. The normalized spacial score (nSPS) is 17.8. The molecule has 2 aromatic rings. The Morgan fingerprint density at radius 2 is 2.00 bits per heavy atom. The Morgan fingerprint density at radius 3 is 2.74 bits per heavy atom. The van der Waals surface area contributed by atoms with Crippen LogP contribution in [0.4, 0.5) is 17.6 Å². The zero-order chi connectivity index (χ0) is 19.4. The number of carbonyl (C=O) groups is 1. The van der Waals surface area contributed by atoms with Gasteiger partial charge in [0.25, 0.3) is 5.91 Å². The fourth-order valence-electron chi connectivity index (χ4n) is 3.57. The molecule has 2 heterocycles. The molecule has 0 radical (unpaired) electrons. The minimum absolute atomic E-state index is 0.116. The molecule has 1 aromatic carbocycles. The maximum absolute atomic E-state index is 13.3. The molecule has 0 spiro atoms. The molecule has 1 aliphatic rings. The molecule has 1 aliphatic heterocycles. The average Bonchev–Trinajstić information content (AvgIpc) is 2.65. The molecule has 7 heteroatoms. The standard InChI is InChI=1S/C20H20F4N2O/c21-17-10-16(11-25-12-17)19(27)26-9-3-4-14(13-26)7-8-15-5-1-2-6-18(15)20(22,23)24/h1-2,5-6,10-12,14H,3-4,7-9,13H2. The predicted octanol–water partition coefficient (Wildman–Crippen LogP) is 4.72. The van der Waals surface area contributed by atoms with Crippen molar-refractivity contribution in [1.82, 2.24) is 9.88 Å². The van der Waals surface area contributed by atoms with Gasteiger partial charge in [-0.3, -0.25) is 9.78 Å². The molecule has 1 atom stereocenters. The Labute approximate surface area is 155 Å². The van der Waals surface area contributed by atoms with Crippen LogP contribution in [-0.2, 0) is 12.6 Å². The van der Waals surface area contributed by atoms with E-state index < -0.39 is 17.6 Å². The van der Waals surface area contributed by atoms with E-state index in [1.807, 2.05) is 0 Å². The Kier molecular flexibility index (Phi) is 5.77. The summed E-state index contributed by atoms with van der Waals surface area (Å²) in [6.07, 6.45) is 0.514. The van der Waals surface area contributed by atoms with E-state index in [0.717, 1.165) is 31.2 Å². The summed E-state index contributed by atoms with van der Waals surface area (Å²) in [4.78, 5) is 17.9. The number of hydrogen-bond donors (Lipinski definition) is 0. The van der Waals surface area contributed by atoms with E-state index in [1.54, 1.807) is 11.0 Å². The number of halogens is 4. The largest absolute Gasteiger partial charge is 0.416 e. The number of aryl methyl sites for hydroxylation is 1. The molecule has 1 unspecified atom stereocenters. The van der Waals surface area contributed by atoms with E-state index >= 15 is 0 Å². The second-order valence-electron chi connectivity index (χ2n) is 6.84. The molecule has 1 saturated heterocycles. The minimum Gasteiger partial charge on any atom is -0.338 e. The van der Waals surface area contributed by atoms with E-state index in [2.05, 4.69) is 4.98 Å². The van der Waals surface area contributed by atoms with Gasteiger partial charge in [-0.1, -0.05) is 18.2 Å². The predicted molar refractivity (Wildman–Crippen MR) is 92.6 cm³/mol. The Hall–Kier alpha value is -2.44. The van der Waals surface area contributed by atoms with E-state index in [-0.39, 0.29) is 23.0 Å². The second-order valence-corrected chi connectivity index (χ2v) is 6.84. The number of piperidine rings is 1. The molecular formula is C20H20F4N2O. The minimum atomic E-state index is -4.37. The Balaban J connectivity index is 1.63. The highest BCUT2D eigenvalue weighted by atomic mass is 19.4. The lowest BCUT2D eigenvalue weighted by Gasteiger charge is -2.33. The second kappa shape index (κ2) is 8.06. The van der Waals surface area contributed by atoms with Crippen LogP contribution in [0.5, 0.6) is 0 Å². The highest BCUT2D eigenvalue weighted by molar-refractivity contribution is 5.93. The highest BCUT2D eigenvalue weighted by Gasteiger charge is 2.33. The van der Waals surface area contributed by atoms with Crippen molar-refractivity contribution in [1.29, 1.82) is 0 Å². The molecule has 0 aliphatic carbocycles. The van der Waals surface area contributed by atoms with E-state index in [9.17, 15) is 22.4 Å². The van der Waals surface area contributed by atoms with Crippen LogP contribution in [0, 0.1) is 11.7 Å². The van der Waals surface area contributed by atoms with Gasteiger partial charge in [0.05, 0.1) is 17.3 Å². The summed E-state index contributed by atoms with van der Waals surface area (Å²) in [5.41, 5.74) is -0.125. The van der Waals surface area contributed by atoms with Crippen molar-refractivity contribution in [2.75, 3.05) is 13.1 Å². The monoisotopic (exact) mass is 380 g/mol. The summed E-state index contributed by atoms with van der Waals surface area (Å²) < 4.78 is 52.6. The van der Waals surface area contributed by atoms with Crippen molar-refractivity contribution in [3.05, 3.63) is 65.2 Å². The Morgan fingerprint density at radius 1 is 1.22 bits per heavy atom. The van der Waals surface area contributed by atoms with E-state index in [1.165, 1.54) is 18.3 Å². The van der Waals surface area contributed by atoms with Gasteiger partial charge in [-0.05, 0) is 49.3 Å². The van der Waals surface area contributed by atoms with Crippen LogP contribution >= 0.6 is 0 Å². The third kappa shape index (κ3) is 4.84. The van der Waals surface area contributed by atoms with Gasteiger partial charge in [0.2, 0.25) is 0 Å². The van der Waals surface area contributed by atoms with Gasteiger partial charge in [0.1, 0.15) is 5.82 Å². The highest BCUT2D eigenvalue weighted by Crippen LogP contribution is 2.33. The molecule has 144 valence electrons. The van der Waals surface area contributed by atoms with Crippen molar-refractivity contribution in [3.8, 4) is 0 Å². The van der Waals surface area contributed by atoms with Crippen molar-refractivity contribution in [2.45, 2.75) is 31.9 Å². The van der Waals surface area contributed by atoms with Gasteiger partial charge >= 0.3 is 6.18 Å². The van der Waals surface area contributed by atoms with Gasteiger partial charge in [-0.25, -0.2) is 4.39 Å². The molecule has 1 fully saturated rings. The molecule has 0 bridgehead atoms. The number of pyridine rings is 1. The summed E-state index contributed by atoms with van der Waals surface area (Å²) in [5.74, 6) is -0.744. The van der Waals surface area contributed by atoms with Gasteiger partial charge in [-0.15, -0.1) is 0 Å². The van der Waals surface area contributed by atoms with Crippen molar-refractivity contribution in [3.63, 3.8) is 0 Å². The number of aromatic nitrogens is 1. The van der Waals surface area contributed by atoms with Gasteiger partial charge in [-0.2, -0.15) is 13.2 Å². The number of benzene rings is 1. The summed E-state index contributed by atoms with van der Waals surface area (Å²) in [6.45, 7) is 1.02. The lowest BCUT2D eigenvalue weighted by molar-refractivity contribution is -0.138. The van der Waals surface area contributed by atoms with E-state index in [4.69, 9.17) is 0 Å². The van der Waals surface area contributed by atoms with Crippen LogP contribution in [0.3, 0.4) is 0 Å². The lowest BCUT2D eigenvalue weighted by atomic mass is 9.90. The number of alkyl halides is 3. The first-order chi connectivity index (χ1) is 12.8. The first kappa shape index (κ1) is 19.3. The van der Waals surface area contributed by atoms with Crippen LogP contribution in [0.1, 0.15) is 40.7 Å². The summed E-state index contributed by atoms with van der Waals surface area (Å²) in [7, 11) is 0. The third-order valence-corrected chi connectivity index (χ3v) is 4.90. The van der Waals surface area contributed by atoms with Gasteiger partial charge in [0.15, 0.2) is 0 Å². The topological polar surface area (TPSA) is 33.2 Å². The first-order valence-corrected chi connectivity index (χ1v) is 8.89. The molecule has 27 heavy (non-hydrogen) atoms. The zero-order valence-electron chi connectivity index (χ0n) is 14.7. The first-order valence-electron chi connectivity index (χ1n) is 8.89. The molecule has 0 N–H and O–H groups in total. The number of hydrogen-bond acceptors (Lipinski definition) is 2. The number of amides is 1. The van der Waals surface area contributed by atoms with Gasteiger partial charge < -0.3 is 4.90 Å². The molecular weight excluding hydrogens is 360 g/mol. The zero-order valence-corrected chi connectivity index (χ0v) is 14.7. The molecule has 0 saturated carbocycles. The van der Waals surface area contributed by atoms with Crippen LogP contribution in [-0.4, -0.2) is 28.9 Å². The third-order valence-electron chi connectivity index (χ3n) is 4.90. The van der Waals surface area contributed by atoms with Crippen molar-refractivity contribution in [2.24, 2.45) is 5.92 Å². The number of nitrogens with zero attached hydrogens (tertiary/aromatic N) is 2. The molecule has 1 aromatic heterocycles. The van der Waals surface area contributed by atoms with Crippen LogP contribution in [0.25, 0.3) is 0 Å². The fourth-order valence-corrected chi connectivity index (χ4v) is 3.57. The van der Waals surface area contributed by atoms with Crippen LogP contribution in [0.2, 0.25) is 0 Å². The van der Waals surface area contributed by atoms with Crippen LogP contribution in [0.15, 0.2) is 42.7 Å². The maximum atomic E-state index is 13.3. The smallest absolute Gasteiger partial charge is 0.338 e. The summed E-state index contributed by atoms with van der Waals surface area (Å²) >= 11 is 0. The summed E-state index contributed by atoms with van der Waals surface area (Å²) in [6, 6.07) is 6.76. The average molecular weight is 380 g/mol. The quantitative estimate of drug-likeness (QED) is 0.719. The van der Waals surface area contributed by atoms with Crippen molar-refractivity contribution < 1.29 is 22.4 Å². The maximum Gasteiger partial charge on any atom is 0.416 e. The van der Waals surface area contributed by atoms with Crippen molar-refractivity contribution >= 4 is 5.91 Å². The molecule has 1 amide bonds. The van der Waals surface area contributed by atoms with Crippen LogP contribution < -0.4 is 0 Å². The lowest BCUT2D eigenvalue weighted by Crippen LogP contribution is -2.40. The number of likely N-dealkylation sites (tertiary alicyclic amines) is 1. The molecule has 3 rings (SSSR count). The fraction of sp³-hybridized carbons (Fsp3) is 0.400. The SMILES string of the molecule is O=C(c1cncc(F)c1)N1CCCC(CCc2ccccc2C(F)(F)F)C1. The van der Waals surface area contributed by atoms with Gasteiger partial charge in [0, 0.05) is 19.3 Å². The number of carbonyl (C=O) groups excluding carboxylic acids is 1. The molecule has 3 nitrogen and oxygen atoms in total.